The van der Waals surface area contributed by atoms with Gasteiger partial charge in [0.2, 0.25) is 5.91 Å². The topological polar surface area (TPSA) is 63.2 Å². The van der Waals surface area contributed by atoms with Crippen LogP contribution in [0.3, 0.4) is 0 Å². The van der Waals surface area contributed by atoms with Crippen LogP contribution >= 0.6 is 11.6 Å². The SMILES string of the molecule is O=C(Nc1ccc(OCc2cccnc2)c(Cl)c1)[C@@]12CCCC[C@H]1CNC2. The second-order valence-corrected chi connectivity index (χ2v) is 7.89. The molecule has 2 heterocycles. The first-order valence-corrected chi connectivity index (χ1v) is 9.89. The van der Waals surface area contributed by atoms with Gasteiger partial charge in [-0.1, -0.05) is 30.5 Å². The maximum absolute atomic E-state index is 13.0. The van der Waals surface area contributed by atoms with E-state index in [2.05, 4.69) is 15.6 Å². The molecular formula is C21H24ClN3O2. The lowest BCUT2D eigenvalue weighted by molar-refractivity contribution is -0.128. The van der Waals surface area contributed by atoms with Crippen LogP contribution in [-0.2, 0) is 11.4 Å². The van der Waals surface area contributed by atoms with E-state index in [9.17, 15) is 4.79 Å². The third-order valence-corrected chi connectivity index (χ3v) is 6.09. The van der Waals surface area contributed by atoms with E-state index in [1.165, 1.54) is 6.42 Å². The Balaban J connectivity index is 1.42. The molecule has 2 N–H and O–H groups in total. The average Bonchev–Trinajstić information content (AvgIpc) is 3.13. The highest BCUT2D eigenvalue weighted by atomic mass is 35.5. The van der Waals surface area contributed by atoms with Crippen molar-refractivity contribution in [2.75, 3.05) is 18.4 Å². The Bertz CT molecular complexity index is 814. The van der Waals surface area contributed by atoms with E-state index in [4.69, 9.17) is 16.3 Å². The highest BCUT2D eigenvalue weighted by molar-refractivity contribution is 6.32. The van der Waals surface area contributed by atoms with Crippen molar-refractivity contribution in [1.29, 1.82) is 0 Å². The average molecular weight is 386 g/mol. The number of amides is 1. The molecule has 0 spiro atoms. The number of carbonyl (C=O) groups excluding carboxylic acids is 1. The van der Waals surface area contributed by atoms with Crippen LogP contribution in [0.15, 0.2) is 42.7 Å². The Labute approximate surface area is 164 Å². The molecule has 1 aliphatic heterocycles. The number of carbonyl (C=O) groups is 1. The summed E-state index contributed by atoms with van der Waals surface area (Å²) in [6.07, 6.45) is 7.91. The van der Waals surface area contributed by atoms with E-state index >= 15 is 0 Å². The van der Waals surface area contributed by atoms with Crippen molar-refractivity contribution >= 4 is 23.2 Å². The number of hydrogen-bond donors (Lipinski definition) is 2. The standard InChI is InChI=1S/C21H24ClN3O2/c22-18-10-17(6-7-19(18)27-13-15-4-3-9-23-11-15)25-20(26)21-8-2-1-5-16(21)12-24-14-21/h3-4,6-7,9-11,16,24H,1-2,5,8,12-14H2,(H,25,26)/t16-,21+/m0/s1. The van der Waals surface area contributed by atoms with Gasteiger partial charge in [0.25, 0.3) is 0 Å². The monoisotopic (exact) mass is 385 g/mol. The maximum atomic E-state index is 13.0. The number of anilines is 1. The molecule has 1 saturated carbocycles. The summed E-state index contributed by atoms with van der Waals surface area (Å²) >= 11 is 6.37. The van der Waals surface area contributed by atoms with E-state index in [1.807, 2.05) is 18.2 Å². The quantitative estimate of drug-likeness (QED) is 0.815. The molecule has 0 radical (unpaired) electrons. The summed E-state index contributed by atoms with van der Waals surface area (Å²) in [6.45, 7) is 2.11. The Kier molecular flexibility index (Phi) is 5.32. The fourth-order valence-corrected chi connectivity index (χ4v) is 4.52. The lowest BCUT2D eigenvalue weighted by atomic mass is 9.67. The number of ether oxygens (including phenoxy) is 1. The largest absolute Gasteiger partial charge is 0.487 e. The van der Waals surface area contributed by atoms with Gasteiger partial charge in [-0.25, -0.2) is 0 Å². The summed E-state index contributed by atoms with van der Waals surface area (Å²) in [5.74, 6) is 1.14. The van der Waals surface area contributed by atoms with E-state index in [1.54, 1.807) is 24.5 Å². The van der Waals surface area contributed by atoms with Crippen molar-refractivity contribution in [2.24, 2.45) is 11.3 Å². The molecule has 1 saturated heterocycles. The summed E-state index contributed by atoms with van der Waals surface area (Å²) in [7, 11) is 0. The van der Waals surface area contributed by atoms with Crippen LogP contribution in [0.2, 0.25) is 5.02 Å². The molecule has 2 atom stereocenters. The van der Waals surface area contributed by atoms with Gasteiger partial charge >= 0.3 is 0 Å². The molecule has 2 fully saturated rings. The lowest BCUT2D eigenvalue weighted by Gasteiger charge is -2.37. The molecular weight excluding hydrogens is 362 g/mol. The predicted molar refractivity (Wildman–Crippen MR) is 106 cm³/mol. The lowest BCUT2D eigenvalue weighted by Crippen LogP contribution is -2.44. The molecule has 0 bridgehead atoms. The summed E-state index contributed by atoms with van der Waals surface area (Å²) < 4.78 is 5.77. The molecule has 0 unspecified atom stereocenters. The maximum Gasteiger partial charge on any atom is 0.232 e. The van der Waals surface area contributed by atoms with E-state index in [0.717, 1.165) is 37.9 Å². The molecule has 6 heteroatoms. The zero-order valence-electron chi connectivity index (χ0n) is 15.2. The minimum atomic E-state index is -0.278. The number of fused-ring (bicyclic) bond motifs is 1. The van der Waals surface area contributed by atoms with Crippen LogP contribution in [0.25, 0.3) is 0 Å². The molecule has 2 aliphatic rings. The Hall–Kier alpha value is -2.11. The van der Waals surface area contributed by atoms with Gasteiger partial charge in [-0.05, 0) is 49.6 Å². The van der Waals surface area contributed by atoms with Crippen LogP contribution in [0.5, 0.6) is 5.75 Å². The van der Waals surface area contributed by atoms with Crippen molar-refractivity contribution in [3.63, 3.8) is 0 Å². The van der Waals surface area contributed by atoms with Crippen molar-refractivity contribution < 1.29 is 9.53 Å². The van der Waals surface area contributed by atoms with Crippen LogP contribution in [0.4, 0.5) is 5.69 Å². The second kappa shape index (κ2) is 7.87. The summed E-state index contributed by atoms with van der Waals surface area (Å²) in [4.78, 5) is 17.1. The van der Waals surface area contributed by atoms with Gasteiger partial charge < -0.3 is 15.4 Å². The summed E-state index contributed by atoms with van der Waals surface area (Å²) in [5, 5.41) is 6.98. The number of aromatic nitrogens is 1. The third-order valence-electron chi connectivity index (χ3n) is 5.80. The highest BCUT2D eigenvalue weighted by Crippen LogP contribution is 2.44. The summed E-state index contributed by atoms with van der Waals surface area (Å²) in [6, 6.07) is 9.23. The fourth-order valence-electron chi connectivity index (χ4n) is 4.29. The first-order chi connectivity index (χ1) is 13.2. The van der Waals surface area contributed by atoms with Gasteiger partial charge in [0.1, 0.15) is 12.4 Å². The Morgan fingerprint density at radius 3 is 3.11 bits per heavy atom. The molecule has 1 aliphatic carbocycles. The fraction of sp³-hybridized carbons (Fsp3) is 0.429. The minimum Gasteiger partial charge on any atom is -0.487 e. The molecule has 1 amide bonds. The van der Waals surface area contributed by atoms with Gasteiger partial charge in [-0.2, -0.15) is 0 Å². The van der Waals surface area contributed by atoms with Crippen LogP contribution in [0, 0.1) is 11.3 Å². The van der Waals surface area contributed by atoms with Crippen molar-refractivity contribution in [3.05, 3.63) is 53.3 Å². The van der Waals surface area contributed by atoms with E-state index in [-0.39, 0.29) is 11.3 Å². The molecule has 142 valence electrons. The zero-order valence-corrected chi connectivity index (χ0v) is 16.0. The minimum absolute atomic E-state index is 0.109. The van der Waals surface area contributed by atoms with Crippen LogP contribution in [-0.4, -0.2) is 24.0 Å². The number of pyridine rings is 1. The molecule has 2 aromatic rings. The van der Waals surface area contributed by atoms with Gasteiger partial charge in [-0.15, -0.1) is 0 Å². The number of nitrogens with one attached hydrogen (secondary N) is 2. The van der Waals surface area contributed by atoms with Gasteiger partial charge in [-0.3, -0.25) is 9.78 Å². The molecule has 5 nitrogen and oxygen atoms in total. The first-order valence-electron chi connectivity index (χ1n) is 9.51. The zero-order chi connectivity index (χ0) is 18.7. The van der Waals surface area contributed by atoms with Crippen LogP contribution < -0.4 is 15.4 Å². The molecule has 1 aromatic carbocycles. The van der Waals surface area contributed by atoms with E-state index < -0.39 is 0 Å². The van der Waals surface area contributed by atoms with Gasteiger partial charge in [0, 0.05) is 30.2 Å². The number of rotatable bonds is 5. The Morgan fingerprint density at radius 2 is 2.30 bits per heavy atom. The molecule has 27 heavy (non-hydrogen) atoms. The molecule has 4 rings (SSSR count). The van der Waals surface area contributed by atoms with Crippen molar-refractivity contribution in [3.8, 4) is 5.75 Å². The molecule has 1 aromatic heterocycles. The number of halogens is 1. The third kappa shape index (κ3) is 3.80. The predicted octanol–water partition coefficient (Wildman–Crippen LogP) is 4.03. The highest BCUT2D eigenvalue weighted by Gasteiger charge is 2.49. The first kappa shape index (κ1) is 18.3. The number of hydrogen-bond acceptors (Lipinski definition) is 4. The van der Waals surface area contributed by atoms with E-state index in [0.29, 0.717) is 29.0 Å². The van der Waals surface area contributed by atoms with Crippen LogP contribution in [0.1, 0.15) is 31.2 Å². The van der Waals surface area contributed by atoms with Gasteiger partial charge in [0.15, 0.2) is 0 Å². The van der Waals surface area contributed by atoms with Crippen molar-refractivity contribution in [2.45, 2.75) is 32.3 Å². The Morgan fingerprint density at radius 1 is 1.37 bits per heavy atom. The van der Waals surface area contributed by atoms with Crippen molar-refractivity contribution in [1.82, 2.24) is 10.3 Å². The smallest absolute Gasteiger partial charge is 0.232 e. The number of nitrogens with zero attached hydrogens (tertiary/aromatic N) is 1. The number of benzene rings is 1. The second-order valence-electron chi connectivity index (χ2n) is 7.48. The summed E-state index contributed by atoms with van der Waals surface area (Å²) in [5.41, 5.74) is 1.41. The van der Waals surface area contributed by atoms with Gasteiger partial charge in [0.05, 0.1) is 10.4 Å². The normalized spacial score (nSPS) is 24.3.